The van der Waals surface area contributed by atoms with Crippen LogP contribution in [0, 0.1) is 0 Å². The van der Waals surface area contributed by atoms with Crippen molar-refractivity contribution in [2.24, 2.45) is 0 Å². The normalized spacial score (nSPS) is 10.8. The van der Waals surface area contributed by atoms with Gasteiger partial charge in [-0.3, -0.25) is 4.79 Å². The average Bonchev–Trinajstić information content (AvgIpc) is 2.33. The van der Waals surface area contributed by atoms with Crippen molar-refractivity contribution in [2.45, 2.75) is 39.5 Å². The number of hydrogen-bond donors (Lipinski definition) is 0. The summed E-state index contributed by atoms with van der Waals surface area (Å²) in [6, 6.07) is 0. The molecule has 0 aromatic rings. The number of hydrogen-bond acceptors (Lipinski definition) is 4. The summed E-state index contributed by atoms with van der Waals surface area (Å²) in [7, 11) is 2.05. The highest BCUT2D eigenvalue weighted by molar-refractivity contribution is 5.69. The Bertz CT molecular complexity index is 186. The molecule has 102 valence electrons. The van der Waals surface area contributed by atoms with E-state index in [-0.39, 0.29) is 5.97 Å². The molecule has 0 aliphatic heterocycles. The Balaban J connectivity index is 3.19. The van der Waals surface area contributed by atoms with Gasteiger partial charge in [-0.05, 0) is 20.0 Å². The van der Waals surface area contributed by atoms with E-state index < -0.39 is 0 Å². The van der Waals surface area contributed by atoms with E-state index in [2.05, 4.69) is 25.8 Å². The first-order valence-corrected chi connectivity index (χ1v) is 6.62. The minimum Gasteiger partial charge on any atom is -0.463 e. The van der Waals surface area contributed by atoms with Crippen LogP contribution in [0.15, 0.2) is 0 Å². The summed E-state index contributed by atoms with van der Waals surface area (Å²) in [6.45, 7) is 7.73. The van der Waals surface area contributed by atoms with Gasteiger partial charge in [-0.15, -0.1) is 0 Å². The largest absolute Gasteiger partial charge is 0.463 e. The summed E-state index contributed by atoms with van der Waals surface area (Å²) in [5, 5.41) is 0. The van der Waals surface area contributed by atoms with Crippen LogP contribution in [0.5, 0.6) is 0 Å². The zero-order valence-electron chi connectivity index (χ0n) is 11.5. The Morgan fingerprint density at radius 1 is 1.12 bits per heavy atom. The molecule has 0 saturated carbocycles. The fraction of sp³-hybridized carbons (Fsp3) is 0.923. The first-order valence-electron chi connectivity index (χ1n) is 6.62. The third-order valence-electron chi connectivity index (χ3n) is 2.63. The fourth-order valence-electron chi connectivity index (χ4n) is 1.29. The van der Waals surface area contributed by atoms with Crippen LogP contribution in [-0.2, 0) is 14.3 Å². The maximum atomic E-state index is 11.2. The van der Waals surface area contributed by atoms with Crippen molar-refractivity contribution in [3.8, 4) is 0 Å². The molecule has 4 heteroatoms. The minimum atomic E-state index is -0.104. The van der Waals surface area contributed by atoms with Gasteiger partial charge in [0.25, 0.3) is 0 Å². The van der Waals surface area contributed by atoms with E-state index >= 15 is 0 Å². The summed E-state index contributed by atoms with van der Waals surface area (Å²) >= 11 is 0. The predicted octanol–water partition coefficient (Wildman–Crippen LogP) is 2.08. The zero-order chi connectivity index (χ0) is 12.9. The number of rotatable bonds is 11. The SMILES string of the molecule is CCCCCC(=O)OCCOCCN(C)CC. The number of carbonyl (C=O) groups is 1. The van der Waals surface area contributed by atoms with Crippen LogP contribution in [0.4, 0.5) is 0 Å². The minimum absolute atomic E-state index is 0.104. The summed E-state index contributed by atoms with van der Waals surface area (Å²) in [5.41, 5.74) is 0. The molecule has 0 heterocycles. The molecule has 0 fully saturated rings. The maximum Gasteiger partial charge on any atom is 0.305 e. The zero-order valence-corrected chi connectivity index (χ0v) is 11.5. The first kappa shape index (κ1) is 16.4. The number of unbranched alkanes of at least 4 members (excludes halogenated alkanes) is 2. The van der Waals surface area contributed by atoms with E-state index in [0.717, 1.165) is 32.4 Å². The van der Waals surface area contributed by atoms with E-state index in [9.17, 15) is 4.79 Å². The molecule has 0 amide bonds. The second-order valence-corrected chi connectivity index (χ2v) is 4.19. The summed E-state index contributed by atoms with van der Waals surface area (Å²) < 4.78 is 10.4. The second kappa shape index (κ2) is 11.9. The van der Waals surface area contributed by atoms with Gasteiger partial charge in [0.15, 0.2) is 0 Å². The Kier molecular flexibility index (Phi) is 11.4. The van der Waals surface area contributed by atoms with E-state index in [1.807, 2.05) is 0 Å². The third-order valence-corrected chi connectivity index (χ3v) is 2.63. The van der Waals surface area contributed by atoms with Crippen LogP contribution in [0.1, 0.15) is 39.5 Å². The van der Waals surface area contributed by atoms with Crippen molar-refractivity contribution in [1.82, 2.24) is 4.90 Å². The van der Waals surface area contributed by atoms with Crippen molar-refractivity contribution in [3.05, 3.63) is 0 Å². The molecule has 4 nitrogen and oxygen atoms in total. The van der Waals surface area contributed by atoms with Gasteiger partial charge in [0, 0.05) is 13.0 Å². The Hall–Kier alpha value is -0.610. The number of carbonyl (C=O) groups excluding carboxylic acids is 1. The van der Waals surface area contributed by atoms with Gasteiger partial charge in [-0.1, -0.05) is 26.7 Å². The van der Waals surface area contributed by atoms with Crippen molar-refractivity contribution < 1.29 is 14.3 Å². The van der Waals surface area contributed by atoms with E-state index in [0.29, 0.717) is 26.2 Å². The lowest BCUT2D eigenvalue weighted by molar-refractivity contribution is -0.145. The van der Waals surface area contributed by atoms with Crippen molar-refractivity contribution in [3.63, 3.8) is 0 Å². The third kappa shape index (κ3) is 11.6. The van der Waals surface area contributed by atoms with Gasteiger partial charge in [0.05, 0.1) is 13.2 Å². The molecule has 0 atom stereocenters. The first-order chi connectivity index (χ1) is 8.20. The Morgan fingerprint density at radius 2 is 1.88 bits per heavy atom. The van der Waals surface area contributed by atoms with E-state index in [1.165, 1.54) is 0 Å². The molecule has 0 aliphatic rings. The molecule has 0 radical (unpaired) electrons. The highest BCUT2D eigenvalue weighted by atomic mass is 16.6. The van der Waals surface area contributed by atoms with Gasteiger partial charge in [0.2, 0.25) is 0 Å². The highest BCUT2D eigenvalue weighted by Gasteiger charge is 2.01. The molecule has 0 aromatic carbocycles. The summed E-state index contributed by atoms with van der Waals surface area (Å²) in [6.07, 6.45) is 3.68. The van der Waals surface area contributed by atoms with Crippen LogP contribution in [0.25, 0.3) is 0 Å². The van der Waals surface area contributed by atoms with Gasteiger partial charge >= 0.3 is 5.97 Å². The number of likely N-dealkylation sites (N-methyl/N-ethyl adjacent to an activating group) is 1. The summed E-state index contributed by atoms with van der Waals surface area (Å²) in [4.78, 5) is 13.4. The number of esters is 1. The maximum absolute atomic E-state index is 11.2. The van der Waals surface area contributed by atoms with Gasteiger partial charge in [-0.2, -0.15) is 0 Å². The monoisotopic (exact) mass is 245 g/mol. The number of nitrogens with zero attached hydrogens (tertiary/aromatic N) is 1. The molecule has 0 aliphatic carbocycles. The van der Waals surface area contributed by atoms with Crippen LogP contribution in [0.3, 0.4) is 0 Å². The van der Waals surface area contributed by atoms with E-state index in [4.69, 9.17) is 9.47 Å². The van der Waals surface area contributed by atoms with Crippen LogP contribution in [0.2, 0.25) is 0 Å². The molecule has 0 rings (SSSR count). The molecule has 0 bridgehead atoms. The Morgan fingerprint density at radius 3 is 2.53 bits per heavy atom. The molecule has 17 heavy (non-hydrogen) atoms. The lowest BCUT2D eigenvalue weighted by Crippen LogP contribution is -2.23. The molecule has 0 N–H and O–H groups in total. The standard InChI is InChI=1S/C13H27NO3/c1-4-6-7-8-13(15)17-12-11-16-10-9-14(3)5-2/h4-12H2,1-3H3. The van der Waals surface area contributed by atoms with Crippen molar-refractivity contribution in [1.29, 1.82) is 0 Å². The van der Waals surface area contributed by atoms with Crippen molar-refractivity contribution >= 4 is 5.97 Å². The molecule has 0 aromatic heterocycles. The Labute approximate surface area is 105 Å². The quantitative estimate of drug-likeness (QED) is 0.413. The summed E-state index contributed by atoms with van der Waals surface area (Å²) in [5.74, 6) is -0.104. The van der Waals surface area contributed by atoms with E-state index in [1.54, 1.807) is 0 Å². The fourth-order valence-corrected chi connectivity index (χ4v) is 1.29. The highest BCUT2D eigenvalue weighted by Crippen LogP contribution is 2.00. The molecule has 0 spiro atoms. The van der Waals surface area contributed by atoms with Crippen LogP contribution < -0.4 is 0 Å². The smallest absolute Gasteiger partial charge is 0.305 e. The van der Waals surface area contributed by atoms with Crippen LogP contribution >= 0.6 is 0 Å². The molecular weight excluding hydrogens is 218 g/mol. The van der Waals surface area contributed by atoms with Gasteiger partial charge < -0.3 is 14.4 Å². The molecular formula is C13H27NO3. The topological polar surface area (TPSA) is 38.8 Å². The van der Waals surface area contributed by atoms with Gasteiger partial charge in [0.1, 0.15) is 6.61 Å². The lowest BCUT2D eigenvalue weighted by atomic mass is 10.2. The van der Waals surface area contributed by atoms with Crippen molar-refractivity contribution in [2.75, 3.05) is 40.0 Å². The van der Waals surface area contributed by atoms with Crippen LogP contribution in [-0.4, -0.2) is 50.8 Å². The lowest BCUT2D eigenvalue weighted by Gasteiger charge is -2.13. The predicted molar refractivity (Wildman–Crippen MR) is 69.1 cm³/mol. The molecule has 0 unspecified atom stereocenters. The van der Waals surface area contributed by atoms with Gasteiger partial charge in [-0.25, -0.2) is 0 Å². The second-order valence-electron chi connectivity index (χ2n) is 4.19. The number of ether oxygens (including phenoxy) is 2. The molecule has 0 saturated heterocycles. The average molecular weight is 245 g/mol.